The van der Waals surface area contributed by atoms with Crippen LogP contribution in [-0.4, -0.2) is 9.55 Å². The standard InChI is InChI=1S/C16H12FN3/c1-20-14-8-4-6-12(10-18)16(14)19-15(20)9-11-5-2-3-7-13(11)17/h2-8H,9H2,1H3. The fourth-order valence-corrected chi connectivity index (χ4v) is 2.32. The van der Waals surface area contributed by atoms with E-state index < -0.39 is 0 Å². The number of nitrogens with zero attached hydrogens (tertiary/aromatic N) is 3. The van der Waals surface area contributed by atoms with Crippen molar-refractivity contribution >= 4 is 11.0 Å². The second-order valence-electron chi connectivity index (χ2n) is 4.64. The number of imidazole rings is 1. The minimum Gasteiger partial charge on any atom is -0.331 e. The van der Waals surface area contributed by atoms with Gasteiger partial charge in [0.2, 0.25) is 0 Å². The second-order valence-corrected chi connectivity index (χ2v) is 4.64. The SMILES string of the molecule is Cn1c(Cc2ccccc2F)nc2c(C#N)cccc21. The summed E-state index contributed by atoms with van der Waals surface area (Å²) in [6.07, 6.45) is 0.405. The van der Waals surface area contributed by atoms with Crippen molar-refractivity contribution < 1.29 is 4.39 Å². The highest BCUT2D eigenvalue weighted by atomic mass is 19.1. The van der Waals surface area contributed by atoms with Crippen LogP contribution in [0.1, 0.15) is 17.0 Å². The molecular weight excluding hydrogens is 253 g/mol. The molecule has 0 aliphatic heterocycles. The van der Waals surface area contributed by atoms with Crippen LogP contribution in [0.4, 0.5) is 4.39 Å². The van der Waals surface area contributed by atoms with E-state index in [2.05, 4.69) is 11.1 Å². The zero-order chi connectivity index (χ0) is 14.1. The summed E-state index contributed by atoms with van der Waals surface area (Å²) in [5.74, 6) is 0.507. The molecule has 1 aromatic heterocycles. The third-order valence-corrected chi connectivity index (χ3v) is 3.43. The van der Waals surface area contributed by atoms with Crippen molar-refractivity contribution in [2.24, 2.45) is 7.05 Å². The van der Waals surface area contributed by atoms with E-state index in [9.17, 15) is 4.39 Å². The van der Waals surface area contributed by atoms with E-state index in [1.165, 1.54) is 6.07 Å². The van der Waals surface area contributed by atoms with Gasteiger partial charge in [0.15, 0.2) is 0 Å². The van der Waals surface area contributed by atoms with Crippen molar-refractivity contribution in [3.05, 3.63) is 65.2 Å². The number of benzene rings is 2. The number of hydrogen-bond acceptors (Lipinski definition) is 2. The lowest BCUT2D eigenvalue weighted by Crippen LogP contribution is -2.00. The average molecular weight is 265 g/mol. The number of nitriles is 1. The largest absolute Gasteiger partial charge is 0.331 e. The summed E-state index contributed by atoms with van der Waals surface area (Å²) in [5, 5.41) is 9.11. The molecule has 0 amide bonds. The second kappa shape index (κ2) is 4.78. The van der Waals surface area contributed by atoms with E-state index in [1.807, 2.05) is 29.8 Å². The van der Waals surface area contributed by atoms with Crippen LogP contribution in [0, 0.1) is 17.1 Å². The molecule has 4 heteroatoms. The normalized spacial score (nSPS) is 10.7. The molecule has 0 bridgehead atoms. The molecule has 0 unspecified atom stereocenters. The lowest BCUT2D eigenvalue weighted by molar-refractivity contribution is 0.611. The monoisotopic (exact) mass is 265 g/mol. The minimum absolute atomic E-state index is 0.236. The Kier molecular flexibility index (Phi) is 2.96. The average Bonchev–Trinajstić information content (AvgIpc) is 2.78. The molecule has 0 saturated carbocycles. The van der Waals surface area contributed by atoms with Gasteiger partial charge in [0, 0.05) is 13.5 Å². The van der Waals surface area contributed by atoms with Crippen LogP contribution in [0.15, 0.2) is 42.5 Å². The molecule has 0 aliphatic carbocycles. The Morgan fingerprint density at radius 1 is 1.20 bits per heavy atom. The van der Waals surface area contributed by atoms with Crippen LogP contribution in [-0.2, 0) is 13.5 Å². The van der Waals surface area contributed by atoms with E-state index in [4.69, 9.17) is 5.26 Å². The van der Waals surface area contributed by atoms with Gasteiger partial charge in [-0.05, 0) is 23.8 Å². The molecule has 1 heterocycles. The Labute approximate surface area is 115 Å². The van der Waals surface area contributed by atoms with Gasteiger partial charge in [0.1, 0.15) is 23.2 Å². The maximum absolute atomic E-state index is 13.7. The molecule has 0 fully saturated rings. The van der Waals surface area contributed by atoms with Gasteiger partial charge < -0.3 is 4.57 Å². The maximum Gasteiger partial charge on any atom is 0.126 e. The van der Waals surface area contributed by atoms with Crippen molar-refractivity contribution in [1.29, 1.82) is 5.26 Å². The van der Waals surface area contributed by atoms with Gasteiger partial charge in [-0.1, -0.05) is 24.3 Å². The quantitative estimate of drug-likeness (QED) is 0.714. The predicted molar refractivity (Wildman–Crippen MR) is 74.6 cm³/mol. The number of rotatable bonds is 2. The summed E-state index contributed by atoms with van der Waals surface area (Å²) in [6, 6.07) is 14.3. The Morgan fingerprint density at radius 2 is 2.00 bits per heavy atom. The van der Waals surface area contributed by atoms with Gasteiger partial charge in [-0.25, -0.2) is 9.37 Å². The molecule has 0 aliphatic rings. The summed E-state index contributed by atoms with van der Waals surface area (Å²) < 4.78 is 15.6. The lowest BCUT2D eigenvalue weighted by atomic mass is 10.1. The van der Waals surface area contributed by atoms with E-state index in [0.717, 1.165) is 11.3 Å². The van der Waals surface area contributed by atoms with Gasteiger partial charge >= 0.3 is 0 Å². The molecular formula is C16H12FN3. The molecule has 98 valence electrons. The fourth-order valence-electron chi connectivity index (χ4n) is 2.32. The third kappa shape index (κ3) is 1.94. The first kappa shape index (κ1) is 12.4. The van der Waals surface area contributed by atoms with E-state index in [1.54, 1.807) is 18.2 Å². The molecule has 0 radical (unpaired) electrons. The van der Waals surface area contributed by atoms with Crippen molar-refractivity contribution in [2.75, 3.05) is 0 Å². The molecule has 0 spiro atoms. The molecule has 0 atom stereocenters. The number of halogens is 1. The summed E-state index contributed by atoms with van der Waals surface area (Å²) in [4.78, 5) is 4.49. The smallest absolute Gasteiger partial charge is 0.126 e. The highest BCUT2D eigenvalue weighted by Crippen LogP contribution is 2.21. The summed E-state index contributed by atoms with van der Waals surface area (Å²) in [7, 11) is 1.88. The topological polar surface area (TPSA) is 41.6 Å². The lowest BCUT2D eigenvalue weighted by Gasteiger charge is -2.03. The molecule has 2 aromatic carbocycles. The third-order valence-electron chi connectivity index (χ3n) is 3.43. The van der Waals surface area contributed by atoms with Crippen LogP contribution in [0.3, 0.4) is 0 Å². The summed E-state index contributed by atoms with van der Waals surface area (Å²) in [6.45, 7) is 0. The Hall–Kier alpha value is -2.67. The molecule has 3 rings (SSSR count). The minimum atomic E-state index is -0.236. The first-order valence-corrected chi connectivity index (χ1v) is 6.28. The van der Waals surface area contributed by atoms with Crippen molar-refractivity contribution in [2.45, 2.75) is 6.42 Å². The highest BCUT2D eigenvalue weighted by Gasteiger charge is 2.12. The number of fused-ring (bicyclic) bond motifs is 1. The van der Waals surface area contributed by atoms with E-state index >= 15 is 0 Å². The molecule has 0 N–H and O–H groups in total. The molecule has 3 aromatic rings. The van der Waals surface area contributed by atoms with Gasteiger partial charge in [0.25, 0.3) is 0 Å². The highest BCUT2D eigenvalue weighted by molar-refractivity contribution is 5.82. The molecule has 20 heavy (non-hydrogen) atoms. The van der Waals surface area contributed by atoms with Crippen LogP contribution < -0.4 is 0 Å². The van der Waals surface area contributed by atoms with Gasteiger partial charge in [0.05, 0.1) is 11.1 Å². The van der Waals surface area contributed by atoms with Gasteiger partial charge in [-0.15, -0.1) is 0 Å². The number of aryl methyl sites for hydroxylation is 1. The predicted octanol–water partition coefficient (Wildman–Crippen LogP) is 3.17. The van der Waals surface area contributed by atoms with E-state index in [0.29, 0.717) is 23.1 Å². The fraction of sp³-hybridized carbons (Fsp3) is 0.125. The van der Waals surface area contributed by atoms with Crippen LogP contribution >= 0.6 is 0 Å². The van der Waals surface area contributed by atoms with Crippen LogP contribution in [0.5, 0.6) is 0 Å². The zero-order valence-corrected chi connectivity index (χ0v) is 11.0. The van der Waals surface area contributed by atoms with Gasteiger partial charge in [-0.3, -0.25) is 0 Å². The number of para-hydroxylation sites is 1. The Morgan fingerprint density at radius 3 is 2.75 bits per heavy atom. The first-order valence-electron chi connectivity index (χ1n) is 6.28. The summed E-state index contributed by atoms with van der Waals surface area (Å²) >= 11 is 0. The zero-order valence-electron chi connectivity index (χ0n) is 11.0. The Bertz CT molecular complexity index is 827. The van der Waals surface area contributed by atoms with E-state index in [-0.39, 0.29) is 5.82 Å². The maximum atomic E-state index is 13.7. The van der Waals surface area contributed by atoms with Crippen LogP contribution in [0.2, 0.25) is 0 Å². The number of hydrogen-bond donors (Lipinski definition) is 0. The van der Waals surface area contributed by atoms with Crippen molar-refractivity contribution in [3.8, 4) is 6.07 Å². The van der Waals surface area contributed by atoms with Crippen molar-refractivity contribution in [3.63, 3.8) is 0 Å². The number of aromatic nitrogens is 2. The summed E-state index contributed by atoms with van der Waals surface area (Å²) in [5.41, 5.74) is 2.70. The van der Waals surface area contributed by atoms with Crippen molar-refractivity contribution in [1.82, 2.24) is 9.55 Å². The first-order chi connectivity index (χ1) is 9.70. The van der Waals surface area contributed by atoms with Crippen LogP contribution in [0.25, 0.3) is 11.0 Å². The Balaban J connectivity index is 2.12. The molecule has 3 nitrogen and oxygen atoms in total. The molecule has 0 saturated heterocycles. The van der Waals surface area contributed by atoms with Gasteiger partial charge in [-0.2, -0.15) is 5.26 Å².